The Bertz CT molecular complexity index is 590. The molecule has 0 bridgehead atoms. The van der Waals surface area contributed by atoms with Gasteiger partial charge >= 0.3 is 5.97 Å². The molecule has 3 heterocycles. The highest BCUT2D eigenvalue weighted by Gasteiger charge is 2.20. The van der Waals surface area contributed by atoms with Crippen LogP contribution in [-0.4, -0.2) is 37.2 Å². The summed E-state index contributed by atoms with van der Waals surface area (Å²) in [6.45, 7) is 0. The molecule has 0 saturated carbocycles. The maximum Gasteiger partial charge on any atom is 0.335 e. The Balaban J connectivity index is 1.97. The predicted octanol–water partition coefficient (Wildman–Crippen LogP) is 2.04. The third-order valence-corrected chi connectivity index (χ3v) is 4.24. The van der Waals surface area contributed by atoms with Crippen molar-refractivity contribution in [3.8, 4) is 0 Å². The molecule has 5 nitrogen and oxygen atoms in total. The third kappa shape index (κ3) is 2.08. The van der Waals surface area contributed by atoms with Crippen molar-refractivity contribution >= 4 is 23.4 Å². The Labute approximate surface area is 108 Å². The molecule has 0 radical (unpaired) electrons. The van der Waals surface area contributed by atoms with Crippen molar-refractivity contribution in [3.63, 3.8) is 0 Å². The minimum absolute atomic E-state index is 0.251. The normalized spacial score (nSPS) is 17.1. The van der Waals surface area contributed by atoms with Crippen molar-refractivity contribution in [2.45, 2.75) is 18.8 Å². The van der Waals surface area contributed by atoms with Gasteiger partial charge in [0.2, 0.25) is 0 Å². The SMILES string of the molecule is O=C(O)c1ccn2nc(C3CCSCC3)nc2c1. The first-order valence-corrected chi connectivity index (χ1v) is 7.07. The molecule has 1 fully saturated rings. The molecule has 2 aromatic heterocycles. The largest absolute Gasteiger partial charge is 0.478 e. The van der Waals surface area contributed by atoms with Crippen molar-refractivity contribution in [1.82, 2.24) is 14.6 Å². The lowest BCUT2D eigenvalue weighted by atomic mass is 10.0. The standard InChI is InChI=1S/C12H13N3O2S/c16-12(17)9-1-4-15-10(7-9)13-11(14-15)8-2-5-18-6-3-8/h1,4,7-8H,2-3,5-6H2,(H,16,17). The van der Waals surface area contributed by atoms with Gasteiger partial charge in [-0.2, -0.15) is 16.9 Å². The van der Waals surface area contributed by atoms with Crippen LogP contribution in [0.25, 0.3) is 5.65 Å². The second-order valence-electron chi connectivity index (χ2n) is 4.38. The van der Waals surface area contributed by atoms with Gasteiger partial charge < -0.3 is 5.11 Å². The lowest BCUT2D eigenvalue weighted by molar-refractivity contribution is 0.0697. The summed E-state index contributed by atoms with van der Waals surface area (Å²) in [5, 5.41) is 13.4. The highest BCUT2D eigenvalue weighted by atomic mass is 32.2. The highest BCUT2D eigenvalue weighted by Crippen LogP contribution is 2.29. The summed E-state index contributed by atoms with van der Waals surface area (Å²) in [5.41, 5.74) is 0.865. The molecule has 18 heavy (non-hydrogen) atoms. The van der Waals surface area contributed by atoms with Crippen LogP contribution in [0.4, 0.5) is 0 Å². The number of fused-ring (bicyclic) bond motifs is 1. The molecule has 1 saturated heterocycles. The fourth-order valence-corrected chi connectivity index (χ4v) is 3.27. The molecule has 0 amide bonds. The molecule has 0 aromatic carbocycles. The van der Waals surface area contributed by atoms with Crippen LogP contribution < -0.4 is 0 Å². The van der Waals surface area contributed by atoms with Gasteiger partial charge in [-0.3, -0.25) is 0 Å². The van der Waals surface area contributed by atoms with Crippen LogP contribution in [0, 0.1) is 0 Å². The van der Waals surface area contributed by atoms with Gasteiger partial charge in [-0.1, -0.05) is 0 Å². The van der Waals surface area contributed by atoms with Crippen LogP contribution in [0.3, 0.4) is 0 Å². The molecule has 0 aliphatic carbocycles. The van der Waals surface area contributed by atoms with E-state index in [4.69, 9.17) is 5.11 Å². The van der Waals surface area contributed by atoms with Crippen molar-refractivity contribution in [1.29, 1.82) is 0 Å². The summed E-state index contributed by atoms with van der Waals surface area (Å²) >= 11 is 1.97. The molecule has 0 unspecified atom stereocenters. The van der Waals surface area contributed by atoms with Gasteiger partial charge in [0, 0.05) is 12.1 Å². The molecule has 2 aromatic rings. The van der Waals surface area contributed by atoms with E-state index in [0.29, 0.717) is 11.6 Å². The number of pyridine rings is 1. The first-order valence-electron chi connectivity index (χ1n) is 5.91. The summed E-state index contributed by atoms with van der Waals surface area (Å²) in [5.74, 6) is 2.63. The number of aromatic nitrogens is 3. The second kappa shape index (κ2) is 4.61. The number of rotatable bonds is 2. The molecule has 0 atom stereocenters. The number of thioether (sulfide) groups is 1. The van der Waals surface area contributed by atoms with Gasteiger partial charge in [0.1, 0.15) is 0 Å². The van der Waals surface area contributed by atoms with Gasteiger partial charge in [0.25, 0.3) is 0 Å². The van der Waals surface area contributed by atoms with E-state index in [9.17, 15) is 4.79 Å². The Morgan fingerprint density at radius 3 is 2.94 bits per heavy atom. The van der Waals surface area contributed by atoms with E-state index in [0.717, 1.165) is 30.2 Å². The zero-order valence-electron chi connectivity index (χ0n) is 9.74. The van der Waals surface area contributed by atoms with E-state index < -0.39 is 5.97 Å². The fourth-order valence-electron chi connectivity index (χ4n) is 2.16. The molecular weight excluding hydrogens is 250 g/mol. The molecule has 1 N–H and O–H groups in total. The van der Waals surface area contributed by atoms with Gasteiger partial charge in [0.05, 0.1) is 5.56 Å². The average molecular weight is 263 g/mol. The van der Waals surface area contributed by atoms with E-state index in [1.807, 2.05) is 11.8 Å². The van der Waals surface area contributed by atoms with Crippen LogP contribution >= 0.6 is 11.8 Å². The van der Waals surface area contributed by atoms with E-state index in [1.165, 1.54) is 0 Å². The first-order chi connectivity index (χ1) is 8.74. The summed E-state index contributed by atoms with van der Waals surface area (Å²) in [4.78, 5) is 15.4. The molecule has 1 aliphatic heterocycles. The summed E-state index contributed by atoms with van der Waals surface area (Å²) in [6, 6.07) is 3.11. The molecule has 0 spiro atoms. The van der Waals surface area contributed by atoms with Gasteiger partial charge in [0.15, 0.2) is 11.5 Å². The maximum absolute atomic E-state index is 10.9. The lowest BCUT2D eigenvalue weighted by Gasteiger charge is -2.17. The molecule has 3 rings (SSSR count). The molecule has 1 aliphatic rings. The number of carbonyl (C=O) groups is 1. The van der Waals surface area contributed by atoms with Crippen LogP contribution in [0.15, 0.2) is 18.3 Å². The Morgan fingerprint density at radius 1 is 1.44 bits per heavy atom. The molecular formula is C12H13N3O2S. The predicted molar refractivity (Wildman–Crippen MR) is 69.2 cm³/mol. The fraction of sp³-hybridized carbons (Fsp3) is 0.417. The zero-order chi connectivity index (χ0) is 12.5. The van der Waals surface area contributed by atoms with Gasteiger partial charge in [-0.25, -0.2) is 14.3 Å². The number of aromatic carboxylic acids is 1. The summed E-state index contributed by atoms with van der Waals surface area (Å²) in [7, 11) is 0. The smallest absolute Gasteiger partial charge is 0.335 e. The van der Waals surface area contributed by atoms with Gasteiger partial charge in [-0.05, 0) is 36.5 Å². The number of carboxylic acid groups (broad SMARTS) is 1. The van der Waals surface area contributed by atoms with E-state index in [2.05, 4.69) is 10.1 Å². The molecule has 6 heteroatoms. The second-order valence-corrected chi connectivity index (χ2v) is 5.60. The minimum Gasteiger partial charge on any atom is -0.478 e. The minimum atomic E-state index is -0.934. The van der Waals surface area contributed by atoms with Crippen LogP contribution in [0.2, 0.25) is 0 Å². The van der Waals surface area contributed by atoms with Crippen LogP contribution in [0.1, 0.15) is 34.9 Å². The van der Waals surface area contributed by atoms with Crippen molar-refractivity contribution in [2.75, 3.05) is 11.5 Å². The Hall–Kier alpha value is -1.56. The molecule has 94 valence electrons. The van der Waals surface area contributed by atoms with E-state index in [-0.39, 0.29) is 5.56 Å². The average Bonchev–Trinajstić information content (AvgIpc) is 2.82. The maximum atomic E-state index is 10.9. The number of carboxylic acids is 1. The first kappa shape index (κ1) is 11.5. The van der Waals surface area contributed by atoms with E-state index >= 15 is 0 Å². The quantitative estimate of drug-likeness (QED) is 0.898. The van der Waals surface area contributed by atoms with Crippen LogP contribution in [0.5, 0.6) is 0 Å². The number of hydrogen-bond acceptors (Lipinski definition) is 4. The Kier molecular flexibility index (Phi) is 2.95. The van der Waals surface area contributed by atoms with Crippen molar-refractivity contribution in [2.24, 2.45) is 0 Å². The van der Waals surface area contributed by atoms with E-state index in [1.54, 1.807) is 22.8 Å². The summed E-state index contributed by atoms with van der Waals surface area (Å²) in [6.07, 6.45) is 3.87. The zero-order valence-corrected chi connectivity index (χ0v) is 10.6. The summed E-state index contributed by atoms with van der Waals surface area (Å²) < 4.78 is 1.66. The number of nitrogens with zero attached hydrogens (tertiary/aromatic N) is 3. The Morgan fingerprint density at radius 2 is 2.22 bits per heavy atom. The third-order valence-electron chi connectivity index (χ3n) is 3.19. The van der Waals surface area contributed by atoms with Gasteiger partial charge in [-0.15, -0.1) is 0 Å². The topological polar surface area (TPSA) is 67.5 Å². The van der Waals surface area contributed by atoms with Crippen molar-refractivity contribution in [3.05, 3.63) is 29.7 Å². The van der Waals surface area contributed by atoms with Crippen LogP contribution in [-0.2, 0) is 0 Å². The van der Waals surface area contributed by atoms with Crippen molar-refractivity contribution < 1.29 is 9.90 Å². The highest BCUT2D eigenvalue weighted by molar-refractivity contribution is 7.99. The monoisotopic (exact) mass is 263 g/mol. The number of hydrogen-bond donors (Lipinski definition) is 1. The lowest BCUT2D eigenvalue weighted by Crippen LogP contribution is -2.09.